The molecule has 23 heavy (non-hydrogen) atoms. The maximum Gasteiger partial charge on any atom is 0.217 e. The van der Waals surface area contributed by atoms with E-state index in [9.17, 15) is 4.79 Å². The predicted molar refractivity (Wildman–Crippen MR) is 92.3 cm³/mol. The van der Waals surface area contributed by atoms with Gasteiger partial charge in [-0.3, -0.25) is 9.69 Å². The summed E-state index contributed by atoms with van der Waals surface area (Å²) in [6, 6.07) is 7.17. The van der Waals surface area contributed by atoms with Gasteiger partial charge >= 0.3 is 0 Å². The molecule has 0 radical (unpaired) electrons. The van der Waals surface area contributed by atoms with Crippen molar-refractivity contribution in [3.05, 3.63) is 35.5 Å². The molecule has 122 valence electrons. The first-order chi connectivity index (χ1) is 11.2. The van der Waals surface area contributed by atoms with E-state index in [1.165, 1.54) is 22.0 Å². The number of benzene rings is 1. The molecule has 1 aliphatic carbocycles. The van der Waals surface area contributed by atoms with Crippen molar-refractivity contribution >= 4 is 16.8 Å². The zero-order valence-electron chi connectivity index (χ0n) is 13.7. The molecular weight excluding hydrogens is 286 g/mol. The fraction of sp³-hybridized carbons (Fsp3) is 0.526. The van der Waals surface area contributed by atoms with E-state index in [1.54, 1.807) is 0 Å². The molecule has 4 heteroatoms. The molecule has 1 aromatic carbocycles. The molecule has 3 N–H and O–H groups in total. The van der Waals surface area contributed by atoms with Crippen molar-refractivity contribution in [3.63, 3.8) is 0 Å². The molecule has 0 bridgehead atoms. The molecule has 1 saturated heterocycles. The highest BCUT2D eigenvalue weighted by atomic mass is 16.1. The lowest BCUT2D eigenvalue weighted by molar-refractivity contribution is -0.119. The summed E-state index contributed by atoms with van der Waals surface area (Å²) in [5.41, 5.74) is 9.64. The second-order valence-corrected chi connectivity index (χ2v) is 7.23. The van der Waals surface area contributed by atoms with Crippen molar-refractivity contribution in [1.82, 2.24) is 9.88 Å². The largest absolute Gasteiger partial charge is 0.370 e. The van der Waals surface area contributed by atoms with Crippen LogP contribution >= 0.6 is 0 Å². The van der Waals surface area contributed by atoms with Gasteiger partial charge in [0.15, 0.2) is 0 Å². The van der Waals surface area contributed by atoms with Crippen LogP contribution in [0.4, 0.5) is 0 Å². The Morgan fingerprint density at radius 1 is 1.43 bits per heavy atom. The van der Waals surface area contributed by atoms with Crippen LogP contribution in [0, 0.1) is 5.92 Å². The van der Waals surface area contributed by atoms with Gasteiger partial charge in [-0.2, -0.15) is 0 Å². The number of nitrogens with two attached hydrogens (primary N) is 1. The number of piperidine rings is 1. The molecule has 0 spiro atoms. The third-order valence-electron chi connectivity index (χ3n) is 5.66. The third kappa shape index (κ3) is 2.45. The Labute approximate surface area is 137 Å². The number of hydrogen-bond acceptors (Lipinski definition) is 2. The molecule has 3 atom stereocenters. The van der Waals surface area contributed by atoms with Crippen molar-refractivity contribution in [1.29, 1.82) is 0 Å². The van der Waals surface area contributed by atoms with E-state index in [0.717, 1.165) is 32.4 Å². The van der Waals surface area contributed by atoms with E-state index in [0.29, 0.717) is 24.3 Å². The molecule has 4 rings (SSSR count). The van der Waals surface area contributed by atoms with E-state index in [4.69, 9.17) is 5.73 Å². The lowest BCUT2D eigenvalue weighted by Crippen LogP contribution is -2.50. The Morgan fingerprint density at radius 2 is 2.30 bits per heavy atom. The Hall–Kier alpha value is -1.81. The zero-order valence-corrected chi connectivity index (χ0v) is 13.7. The molecule has 1 unspecified atom stereocenters. The molecule has 1 aromatic heterocycles. The number of hydrogen-bond donors (Lipinski definition) is 2. The Morgan fingerprint density at radius 3 is 3.09 bits per heavy atom. The second kappa shape index (κ2) is 5.68. The minimum absolute atomic E-state index is 0.166. The Kier molecular flexibility index (Phi) is 3.64. The summed E-state index contributed by atoms with van der Waals surface area (Å²) in [5.74, 6) is 0.740. The number of nitrogens with one attached hydrogen (secondary N) is 1. The zero-order chi connectivity index (χ0) is 16.0. The molecular formula is C19H25N3O. The highest BCUT2D eigenvalue weighted by Crippen LogP contribution is 2.45. The van der Waals surface area contributed by atoms with Gasteiger partial charge in [0.1, 0.15) is 0 Å². The average Bonchev–Trinajstić information content (AvgIpc) is 2.93. The number of amides is 1. The number of H-pyrrole nitrogens is 1. The van der Waals surface area contributed by atoms with Crippen LogP contribution in [0.2, 0.25) is 0 Å². The number of carbonyl (C=O) groups excluding carboxylic acids is 1. The van der Waals surface area contributed by atoms with Crippen molar-refractivity contribution in [2.24, 2.45) is 11.7 Å². The summed E-state index contributed by atoms with van der Waals surface area (Å²) in [7, 11) is 0. The van der Waals surface area contributed by atoms with E-state index < -0.39 is 0 Å². The lowest BCUT2D eigenvalue weighted by Gasteiger charge is -2.47. The minimum Gasteiger partial charge on any atom is -0.370 e. The van der Waals surface area contributed by atoms with Crippen LogP contribution in [-0.2, 0) is 11.2 Å². The molecule has 2 heterocycles. The van der Waals surface area contributed by atoms with Crippen molar-refractivity contribution in [2.45, 2.75) is 44.6 Å². The van der Waals surface area contributed by atoms with Crippen LogP contribution in [0.3, 0.4) is 0 Å². The Balaban J connectivity index is 1.74. The number of fused-ring (bicyclic) bond motifs is 2. The van der Waals surface area contributed by atoms with Gasteiger partial charge in [-0.25, -0.2) is 0 Å². The third-order valence-corrected chi connectivity index (χ3v) is 5.66. The molecule has 4 nitrogen and oxygen atoms in total. The first-order valence-electron chi connectivity index (χ1n) is 8.78. The first-order valence-corrected chi connectivity index (χ1v) is 8.78. The van der Waals surface area contributed by atoms with Gasteiger partial charge in [-0.15, -0.1) is 0 Å². The second-order valence-electron chi connectivity index (χ2n) is 7.23. The van der Waals surface area contributed by atoms with Crippen LogP contribution in [0.5, 0.6) is 0 Å². The number of rotatable bonds is 4. The first kappa shape index (κ1) is 14.8. The number of aromatic nitrogens is 1. The summed E-state index contributed by atoms with van der Waals surface area (Å²) < 4.78 is 0. The van der Waals surface area contributed by atoms with Gasteiger partial charge in [-0.05, 0) is 48.9 Å². The fourth-order valence-electron chi connectivity index (χ4n) is 4.88. The summed E-state index contributed by atoms with van der Waals surface area (Å²) in [5, 5.41) is 1.42. The van der Waals surface area contributed by atoms with E-state index in [-0.39, 0.29) is 5.91 Å². The number of nitrogens with zero attached hydrogens (tertiary/aromatic N) is 1. The lowest BCUT2D eigenvalue weighted by atomic mass is 9.71. The highest BCUT2D eigenvalue weighted by Gasteiger charge is 2.40. The maximum atomic E-state index is 11.4. The van der Waals surface area contributed by atoms with Crippen molar-refractivity contribution in [3.8, 4) is 0 Å². The quantitative estimate of drug-likeness (QED) is 0.912. The monoisotopic (exact) mass is 311 g/mol. The van der Waals surface area contributed by atoms with Crippen LogP contribution < -0.4 is 5.73 Å². The van der Waals surface area contributed by atoms with Crippen LogP contribution in [0.25, 0.3) is 10.9 Å². The van der Waals surface area contributed by atoms with E-state index >= 15 is 0 Å². The van der Waals surface area contributed by atoms with Gasteiger partial charge in [-0.1, -0.05) is 19.1 Å². The molecule has 1 amide bonds. The van der Waals surface area contributed by atoms with Crippen molar-refractivity contribution in [2.75, 3.05) is 13.1 Å². The number of primary amides is 1. The topological polar surface area (TPSA) is 62.1 Å². The van der Waals surface area contributed by atoms with Gasteiger partial charge < -0.3 is 10.7 Å². The summed E-state index contributed by atoms with van der Waals surface area (Å²) in [4.78, 5) is 17.5. The maximum absolute atomic E-state index is 11.4. The minimum atomic E-state index is -0.166. The van der Waals surface area contributed by atoms with E-state index in [2.05, 4.69) is 41.2 Å². The Bertz CT molecular complexity index is 735. The van der Waals surface area contributed by atoms with E-state index in [1.807, 2.05) is 0 Å². The highest BCUT2D eigenvalue weighted by molar-refractivity contribution is 5.88. The van der Waals surface area contributed by atoms with Crippen LogP contribution in [0.1, 0.15) is 43.2 Å². The molecule has 0 saturated carbocycles. The SMILES string of the molecule is CCCN1C[C@H](CC(N)=O)CC2c3cccc4[nH]cc(c34)C[C@H]21. The predicted octanol–water partition coefficient (Wildman–Crippen LogP) is 2.78. The van der Waals surface area contributed by atoms with Gasteiger partial charge in [0.2, 0.25) is 5.91 Å². The molecule has 2 aliphatic rings. The normalized spacial score (nSPS) is 27.1. The molecule has 2 aromatic rings. The summed E-state index contributed by atoms with van der Waals surface area (Å²) in [6.07, 6.45) is 6.04. The number of carbonyl (C=O) groups is 1. The standard InChI is InChI=1S/C19H25N3O/c1-2-6-22-11-12(8-18(20)23)7-15-14-4-3-5-16-19(14)13(10-21-16)9-17(15)22/h3-5,10,12,15,17,21H,2,6-9,11H2,1H3,(H2,20,23)/t12-,15?,17+/m0/s1. The van der Waals surface area contributed by atoms with Gasteiger partial charge in [0.25, 0.3) is 0 Å². The van der Waals surface area contributed by atoms with Crippen LogP contribution in [0.15, 0.2) is 24.4 Å². The molecule has 1 fully saturated rings. The fourth-order valence-corrected chi connectivity index (χ4v) is 4.88. The van der Waals surface area contributed by atoms with Crippen molar-refractivity contribution < 1.29 is 4.79 Å². The summed E-state index contributed by atoms with van der Waals surface area (Å²) in [6.45, 7) is 4.35. The van der Waals surface area contributed by atoms with Crippen LogP contribution in [-0.4, -0.2) is 34.9 Å². The summed E-state index contributed by atoms with van der Waals surface area (Å²) >= 11 is 0. The van der Waals surface area contributed by atoms with Gasteiger partial charge in [0, 0.05) is 42.0 Å². The molecule has 1 aliphatic heterocycles. The number of aromatic amines is 1. The smallest absolute Gasteiger partial charge is 0.217 e. The number of likely N-dealkylation sites (tertiary alicyclic amines) is 1. The average molecular weight is 311 g/mol. The van der Waals surface area contributed by atoms with Gasteiger partial charge in [0.05, 0.1) is 0 Å².